The first kappa shape index (κ1) is 22.5. The summed E-state index contributed by atoms with van der Waals surface area (Å²) in [5, 5.41) is 0. The van der Waals surface area contributed by atoms with Crippen molar-refractivity contribution < 1.29 is 17.6 Å². The van der Waals surface area contributed by atoms with Gasteiger partial charge in [0.05, 0.1) is 20.8 Å². The maximum atomic E-state index is 13.3. The van der Waals surface area contributed by atoms with Crippen LogP contribution in [0.5, 0.6) is 0 Å². The molecule has 3 aromatic rings. The van der Waals surface area contributed by atoms with Crippen LogP contribution >= 0.6 is 11.3 Å². The molecule has 0 atom stereocenters. The second-order valence-electron chi connectivity index (χ2n) is 7.91. The molecule has 2 aromatic carbocycles. The lowest BCUT2D eigenvalue weighted by molar-refractivity contribution is -0.132. The van der Waals surface area contributed by atoms with Crippen molar-refractivity contribution in [2.45, 2.75) is 44.0 Å². The van der Waals surface area contributed by atoms with E-state index in [9.17, 15) is 22.4 Å². The smallest absolute Gasteiger partial charge is 0.308 e. The number of sulfonamides is 1. The lowest BCUT2D eigenvalue weighted by Gasteiger charge is -2.26. The number of carbonyl (C=O) groups excluding carboxylic acids is 1. The number of nitrogens with zero attached hydrogens (tertiary/aromatic N) is 2. The van der Waals surface area contributed by atoms with E-state index in [1.807, 2.05) is 4.90 Å². The molecule has 0 bridgehead atoms. The normalized spacial score (nSPS) is 14.6. The van der Waals surface area contributed by atoms with Crippen molar-refractivity contribution in [1.82, 2.24) is 9.47 Å². The minimum atomic E-state index is -3.92. The number of fused-ring (bicyclic) bond motifs is 1. The Bertz CT molecular complexity index is 1320. The van der Waals surface area contributed by atoms with Gasteiger partial charge in [0.25, 0.3) is 10.0 Å². The summed E-state index contributed by atoms with van der Waals surface area (Å²) in [7, 11) is -3.92. The van der Waals surface area contributed by atoms with Crippen molar-refractivity contribution in [2.24, 2.45) is 0 Å². The second kappa shape index (κ2) is 9.03. The molecule has 1 aromatic heterocycles. The molecule has 1 aliphatic heterocycles. The number of halogens is 1. The Balaban J connectivity index is 1.54. The number of nitrogens with one attached hydrogen (secondary N) is 1. The number of hydrogen-bond donors (Lipinski definition) is 1. The van der Waals surface area contributed by atoms with Crippen molar-refractivity contribution in [2.75, 3.05) is 17.8 Å². The van der Waals surface area contributed by atoms with E-state index in [0.717, 1.165) is 43.7 Å². The van der Waals surface area contributed by atoms with Gasteiger partial charge in [-0.1, -0.05) is 11.3 Å². The molecular weight excluding hydrogens is 453 g/mol. The number of aryl methyl sites for hydroxylation is 2. The van der Waals surface area contributed by atoms with Crippen LogP contribution in [0.15, 0.2) is 46.1 Å². The molecule has 32 heavy (non-hydrogen) atoms. The van der Waals surface area contributed by atoms with Crippen LogP contribution in [0.3, 0.4) is 0 Å². The van der Waals surface area contributed by atoms with Crippen molar-refractivity contribution in [3.05, 3.63) is 57.4 Å². The molecule has 2 heterocycles. The summed E-state index contributed by atoms with van der Waals surface area (Å²) in [6, 6.07) is 8.27. The summed E-state index contributed by atoms with van der Waals surface area (Å²) in [6.45, 7) is 3.40. The summed E-state index contributed by atoms with van der Waals surface area (Å²) in [5.74, 6) is -0.411. The van der Waals surface area contributed by atoms with E-state index < -0.39 is 15.8 Å². The van der Waals surface area contributed by atoms with Crippen molar-refractivity contribution in [1.29, 1.82) is 0 Å². The zero-order valence-electron chi connectivity index (χ0n) is 17.6. The fraction of sp³-hybridized carbons (Fsp3) is 0.364. The lowest BCUT2D eigenvalue weighted by atomic mass is 10.1. The number of amides is 1. The number of benzene rings is 2. The number of likely N-dealkylation sites (tertiary alicyclic amines) is 1. The van der Waals surface area contributed by atoms with Gasteiger partial charge in [0, 0.05) is 26.1 Å². The molecule has 7 nitrogen and oxygen atoms in total. The predicted molar refractivity (Wildman–Crippen MR) is 123 cm³/mol. The van der Waals surface area contributed by atoms with E-state index in [0.29, 0.717) is 15.8 Å². The Hall–Kier alpha value is -2.72. The number of thiazole rings is 1. The molecule has 0 spiro atoms. The molecule has 0 unspecified atom stereocenters. The average molecular weight is 478 g/mol. The highest BCUT2D eigenvalue weighted by Gasteiger charge is 2.20. The van der Waals surface area contributed by atoms with Gasteiger partial charge in [0.1, 0.15) is 5.82 Å². The van der Waals surface area contributed by atoms with Gasteiger partial charge < -0.3 is 4.90 Å². The zero-order valence-corrected chi connectivity index (χ0v) is 19.3. The Kier molecular flexibility index (Phi) is 6.34. The van der Waals surface area contributed by atoms with Crippen LogP contribution in [0.1, 0.15) is 31.2 Å². The van der Waals surface area contributed by atoms with Crippen molar-refractivity contribution in [3.63, 3.8) is 0 Å². The molecule has 1 fully saturated rings. The van der Waals surface area contributed by atoms with Gasteiger partial charge >= 0.3 is 4.87 Å². The molecule has 1 saturated heterocycles. The fourth-order valence-corrected chi connectivity index (χ4v) is 6.07. The quantitative estimate of drug-likeness (QED) is 0.586. The molecule has 0 saturated carbocycles. The first-order chi connectivity index (χ1) is 15.2. The SMILES string of the molecule is Cc1cc(F)ccc1NS(=O)(=O)c1ccc2c(c1)sc(=O)n2CCC(=O)N1CCCCC1. The number of hydrogen-bond acceptors (Lipinski definition) is 5. The summed E-state index contributed by atoms with van der Waals surface area (Å²) < 4.78 is 43.5. The van der Waals surface area contributed by atoms with E-state index in [2.05, 4.69) is 4.72 Å². The molecule has 0 aliphatic carbocycles. The molecular formula is C22H24FN3O4S2. The molecule has 10 heteroatoms. The van der Waals surface area contributed by atoms with Crippen LogP contribution in [0.25, 0.3) is 10.2 Å². The van der Waals surface area contributed by atoms with Crippen LogP contribution in [0.2, 0.25) is 0 Å². The third kappa shape index (κ3) is 4.71. The maximum absolute atomic E-state index is 13.3. The van der Waals surface area contributed by atoms with E-state index in [1.165, 1.54) is 34.9 Å². The highest BCUT2D eigenvalue weighted by atomic mass is 32.2. The fourth-order valence-electron chi connectivity index (χ4n) is 3.88. The first-order valence-corrected chi connectivity index (χ1v) is 12.7. The van der Waals surface area contributed by atoms with Crippen LogP contribution in [-0.4, -0.2) is 36.9 Å². The number of carbonyl (C=O) groups is 1. The van der Waals surface area contributed by atoms with E-state index in [-0.39, 0.29) is 34.3 Å². The van der Waals surface area contributed by atoms with E-state index in [1.54, 1.807) is 13.0 Å². The van der Waals surface area contributed by atoms with Crippen LogP contribution in [-0.2, 0) is 21.4 Å². The number of anilines is 1. The summed E-state index contributed by atoms with van der Waals surface area (Å²) in [4.78, 5) is 26.6. The number of aromatic nitrogens is 1. The predicted octanol–water partition coefficient (Wildman–Crippen LogP) is 3.71. The van der Waals surface area contributed by atoms with E-state index in [4.69, 9.17) is 0 Å². The average Bonchev–Trinajstić information content (AvgIpc) is 3.08. The molecule has 1 amide bonds. The Morgan fingerprint density at radius 2 is 1.88 bits per heavy atom. The summed E-state index contributed by atoms with van der Waals surface area (Å²) >= 11 is 0.948. The highest BCUT2D eigenvalue weighted by Crippen LogP contribution is 2.25. The number of piperidine rings is 1. The molecule has 1 aliphatic rings. The van der Waals surface area contributed by atoms with Crippen LogP contribution in [0, 0.1) is 12.7 Å². The van der Waals surface area contributed by atoms with Gasteiger partial charge in [-0.3, -0.25) is 18.9 Å². The topological polar surface area (TPSA) is 88.5 Å². The van der Waals surface area contributed by atoms with Crippen molar-refractivity contribution >= 4 is 43.2 Å². The molecule has 4 rings (SSSR count). The van der Waals surface area contributed by atoms with Gasteiger partial charge in [-0.2, -0.15) is 0 Å². The Labute approximate surface area is 189 Å². The van der Waals surface area contributed by atoms with Crippen LogP contribution in [0.4, 0.5) is 10.1 Å². The second-order valence-corrected chi connectivity index (χ2v) is 10.6. The third-order valence-electron chi connectivity index (χ3n) is 5.64. The van der Waals surface area contributed by atoms with Gasteiger partial charge in [0.2, 0.25) is 5.91 Å². The first-order valence-electron chi connectivity index (χ1n) is 10.4. The highest BCUT2D eigenvalue weighted by molar-refractivity contribution is 7.92. The number of rotatable bonds is 6. The lowest BCUT2D eigenvalue weighted by Crippen LogP contribution is -2.36. The maximum Gasteiger partial charge on any atom is 0.308 e. The van der Waals surface area contributed by atoms with Gasteiger partial charge in [-0.15, -0.1) is 0 Å². The standard InChI is InChI=1S/C22H24FN3O4S2/c1-15-13-16(23)5-7-18(15)24-32(29,30)17-6-8-19-20(14-17)31-22(28)26(19)12-9-21(27)25-10-3-2-4-11-25/h5-8,13-14,24H,2-4,9-12H2,1H3. The minimum Gasteiger partial charge on any atom is -0.343 e. The third-order valence-corrected chi connectivity index (χ3v) is 7.95. The molecule has 0 radical (unpaired) electrons. The van der Waals surface area contributed by atoms with E-state index >= 15 is 0 Å². The van der Waals surface area contributed by atoms with Gasteiger partial charge in [-0.25, -0.2) is 12.8 Å². The summed E-state index contributed by atoms with van der Waals surface area (Å²) in [6.07, 6.45) is 3.39. The van der Waals surface area contributed by atoms with Gasteiger partial charge in [-0.05, 0) is 68.1 Å². The van der Waals surface area contributed by atoms with Crippen LogP contribution < -0.4 is 9.60 Å². The molecule has 1 N–H and O–H groups in total. The molecule has 170 valence electrons. The van der Waals surface area contributed by atoms with Crippen molar-refractivity contribution in [3.8, 4) is 0 Å². The minimum absolute atomic E-state index is 0.00604. The largest absolute Gasteiger partial charge is 0.343 e. The Morgan fingerprint density at radius 3 is 2.59 bits per heavy atom. The summed E-state index contributed by atoms with van der Waals surface area (Å²) in [5.41, 5.74) is 1.35. The van der Waals surface area contributed by atoms with Gasteiger partial charge in [0.15, 0.2) is 0 Å². The Morgan fingerprint density at radius 1 is 1.12 bits per heavy atom. The zero-order chi connectivity index (χ0) is 22.9. The monoisotopic (exact) mass is 477 g/mol.